The zero-order chi connectivity index (χ0) is 21.9. The van der Waals surface area contributed by atoms with Crippen molar-refractivity contribution in [2.24, 2.45) is 0 Å². The number of nitrogens with one attached hydrogen (secondary N) is 2. The summed E-state index contributed by atoms with van der Waals surface area (Å²) in [5, 5.41) is 10.5. The highest BCUT2D eigenvalue weighted by atomic mass is 32.2. The van der Waals surface area contributed by atoms with E-state index >= 15 is 0 Å². The van der Waals surface area contributed by atoms with Crippen LogP contribution in [0.3, 0.4) is 0 Å². The molecule has 0 spiro atoms. The van der Waals surface area contributed by atoms with Crippen molar-refractivity contribution in [1.29, 1.82) is 0 Å². The predicted octanol–water partition coefficient (Wildman–Crippen LogP) is 3.27. The summed E-state index contributed by atoms with van der Waals surface area (Å²) >= 11 is 4.76. The zero-order valence-electron chi connectivity index (χ0n) is 17.3. The third kappa shape index (κ3) is 4.95. The van der Waals surface area contributed by atoms with E-state index < -0.39 is 0 Å². The highest BCUT2D eigenvalue weighted by Crippen LogP contribution is 2.35. The standard InChI is InChI=1S/C21H23N5O3S3/c27-18(22-8-13-4-3-7-29-13)9-26-20(14-10-30-11-16(14)25-26)24-19(28)12-31-21-23-15-5-1-2-6-17(15)32-21/h1-2,5-6,13H,3-4,7-12H2,(H,22,27)(H,24,28). The quantitative estimate of drug-likeness (QED) is 0.469. The number of hydrogen-bond donors (Lipinski definition) is 2. The Balaban J connectivity index is 1.21. The van der Waals surface area contributed by atoms with Crippen molar-refractivity contribution < 1.29 is 14.3 Å². The molecule has 2 aliphatic heterocycles. The van der Waals surface area contributed by atoms with Gasteiger partial charge in [-0.1, -0.05) is 23.9 Å². The Morgan fingerprint density at radius 3 is 3.00 bits per heavy atom. The SMILES string of the molecule is O=C(Cn1nc2c(c1NC(=O)CSc1nc3ccccc3s1)CSC2)NCC1CCCO1. The van der Waals surface area contributed by atoms with Gasteiger partial charge >= 0.3 is 0 Å². The van der Waals surface area contributed by atoms with Gasteiger partial charge in [-0.05, 0) is 25.0 Å². The Bertz CT molecular complexity index is 1110. The van der Waals surface area contributed by atoms with E-state index in [9.17, 15) is 9.59 Å². The lowest BCUT2D eigenvalue weighted by atomic mass is 10.2. The average molecular weight is 490 g/mol. The first-order chi connectivity index (χ1) is 15.7. The summed E-state index contributed by atoms with van der Waals surface area (Å²) in [7, 11) is 0. The van der Waals surface area contributed by atoms with Crippen molar-refractivity contribution in [2.45, 2.75) is 41.3 Å². The normalized spacial score (nSPS) is 17.6. The first-order valence-electron chi connectivity index (χ1n) is 10.5. The number of carbonyl (C=O) groups is 2. The molecule has 168 valence electrons. The van der Waals surface area contributed by atoms with Crippen molar-refractivity contribution in [1.82, 2.24) is 20.1 Å². The van der Waals surface area contributed by atoms with Gasteiger partial charge in [0.1, 0.15) is 12.4 Å². The Morgan fingerprint density at radius 1 is 1.25 bits per heavy atom. The van der Waals surface area contributed by atoms with Crippen LogP contribution in [0.1, 0.15) is 24.1 Å². The van der Waals surface area contributed by atoms with Gasteiger partial charge in [0.25, 0.3) is 0 Å². The number of nitrogens with zero attached hydrogens (tertiary/aromatic N) is 3. The van der Waals surface area contributed by atoms with Crippen molar-refractivity contribution in [3.63, 3.8) is 0 Å². The number of thiazole rings is 1. The van der Waals surface area contributed by atoms with Gasteiger partial charge < -0.3 is 15.4 Å². The van der Waals surface area contributed by atoms with E-state index in [0.29, 0.717) is 12.4 Å². The van der Waals surface area contributed by atoms with Gasteiger partial charge in [0.05, 0.1) is 27.8 Å². The third-order valence-corrected chi connectivity index (χ3v) is 8.47. The molecule has 1 saturated heterocycles. The van der Waals surface area contributed by atoms with Crippen molar-refractivity contribution in [3.05, 3.63) is 35.5 Å². The summed E-state index contributed by atoms with van der Waals surface area (Å²) in [6, 6.07) is 7.94. The summed E-state index contributed by atoms with van der Waals surface area (Å²) in [6.45, 7) is 1.34. The molecule has 32 heavy (non-hydrogen) atoms. The lowest BCUT2D eigenvalue weighted by Crippen LogP contribution is -2.34. The van der Waals surface area contributed by atoms with Crippen LogP contribution in [0.4, 0.5) is 5.82 Å². The molecule has 1 aromatic carbocycles. The number of para-hydroxylation sites is 1. The largest absolute Gasteiger partial charge is 0.376 e. The number of fused-ring (bicyclic) bond motifs is 2. The molecule has 1 fully saturated rings. The fourth-order valence-corrected chi connectivity index (χ4v) is 6.66. The first kappa shape index (κ1) is 21.7. The maximum Gasteiger partial charge on any atom is 0.241 e. The minimum absolute atomic E-state index is 0.0744. The summed E-state index contributed by atoms with van der Waals surface area (Å²) in [5.41, 5.74) is 2.90. The van der Waals surface area contributed by atoms with E-state index in [-0.39, 0.29) is 30.2 Å². The minimum atomic E-state index is -0.131. The molecule has 8 nitrogen and oxygen atoms in total. The molecule has 1 unspecified atom stereocenters. The summed E-state index contributed by atoms with van der Waals surface area (Å²) in [6.07, 6.45) is 2.10. The second-order valence-corrected chi connectivity index (χ2v) is 10.9. The molecule has 0 radical (unpaired) electrons. The number of benzene rings is 1. The second kappa shape index (κ2) is 9.82. The van der Waals surface area contributed by atoms with Crippen LogP contribution in [0.2, 0.25) is 0 Å². The van der Waals surface area contributed by atoms with Gasteiger partial charge in [-0.25, -0.2) is 9.67 Å². The smallest absolute Gasteiger partial charge is 0.241 e. The highest BCUT2D eigenvalue weighted by molar-refractivity contribution is 8.01. The Hall–Kier alpha value is -2.08. The van der Waals surface area contributed by atoms with Gasteiger partial charge in [0, 0.05) is 30.2 Å². The van der Waals surface area contributed by atoms with Gasteiger partial charge in [-0.2, -0.15) is 16.9 Å². The van der Waals surface area contributed by atoms with E-state index in [2.05, 4.69) is 20.7 Å². The van der Waals surface area contributed by atoms with E-state index in [1.54, 1.807) is 27.8 Å². The van der Waals surface area contributed by atoms with E-state index in [1.165, 1.54) is 11.8 Å². The number of anilines is 1. The molecule has 0 aliphatic carbocycles. The van der Waals surface area contributed by atoms with Crippen LogP contribution in [0.5, 0.6) is 0 Å². The molecule has 1 atom stereocenters. The maximum atomic E-state index is 12.7. The molecule has 2 aliphatic rings. The highest BCUT2D eigenvalue weighted by Gasteiger charge is 2.25. The summed E-state index contributed by atoms with van der Waals surface area (Å²) in [5.74, 6) is 2.20. The van der Waals surface area contributed by atoms with E-state index in [0.717, 1.165) is 56.8 Å². The van der Waals surface area contributed by atoms with Gasteiger partial charge in [0.15, 0.2) is 4.34 Å². The van der Waals surface area contributed by atoms with Crippen LogP contribution in [-0.4, -0.2) is 51.6 Å². The van der Waals surface area contributed by atoms with Crippen LogP contribution in [0.25, 0.3) is 10.2 Å². The monoisotopic (exact) mass is 489 g/mol. The van der Waals surface area contributed by atoms with Crippen LogP contribution in [-0.2, 0) is 32.4 Å². The molecule has 2 amide bonds. The summed E-state index contributed by atoms with van der Waals surface area (Å²) in [4.78, 5) is 29.8. The number of carbonyl (C=O) groups excluding carboxylic acids is 2. The maximum absolute atomic E-state index is 12.7. The first-order valence-corrected chi connectivity index (χ1v) is 13.4. The van der Waals surface area contributed by atoms with Crippen LogP contribution in [0.15, 0.2) is 28.6 Å². The van der Waals surface area contributed by atoms with E-state index in [4.69, 9.17) is 4.74 Å². The lowest BCUT2D eigenvalue weighted by Gasteiger charge is -2.13. The second-order valence-electron chi connectivity index (χ2n) is 7.65. The molecule has 4 heterocycles. The number of thioether (sulfide) groups is 2. The third-order valence-electron chi connectivity index (χ3n) is 5.32. The molecule has 2 aromatic heterocycles. The van der Waals surface area contributed by atoms with Gasteiger partial charge in [0.2, 0.25) is 11.8 Å². The molecule has 11 heteroatoms. The van der Waals surface area contributed by atoms with Crippen molar-refractivity contribution >= 4 is 62.7 Å². The molecule has 0 saturated carbocycles. The average Bonchev–Trinajstić information content (AvgIpc) is 3.57. The molecular formula is C21H23N5O3S3. The fraction of sp³-hybridized carbons (Fsp3) is 0.429. The topological polar surface area (TPSA) is 98.1 Å². The van der Waals surface area contributed by atoms with Crippen LogP contribution < -0.4 is 10.6 Å². The number of rotatable bonds is 8. The predicted molar refractivity (Wildman–Crippen MR) is 128 cm³/mol. The molecule has 3 aromatic rings. The number of hydrogen-bond acceptors (Lipinski definition) is 8. The molecular weight excluding hydrogens is 466 g/mol. The zero-order valence-corrected chi connectivity index (χ0v) is 19.8. The molecule has 0 bridgehead atoms. The number of amides is 2. The fourth-order valence-electron chi connectivity index (χ4n) is 3.75. The van der Waals surface area contributed by atoms with E-state index in [1.807, 2.05) is 24.3 Å². The summed E-state index contributed by atoms with van der Waals surface area (Å²) < 4.78 is 9.15. The Kier molecular flexibility index (Phi) is 6.67. The number of aromatic nitrogens is 3. The lowest BCUT2D eigenvalue weighted by molar-refractivity contribution is -0.122. The molecule has 2 N–H and O–H groups in total. The van der Waals surface area contributed by atoms with Crippen molar-refractivity contribution in [3.8, 4) is 0 Å². The number of ether oxygens (including phenoxy) is 1. The van der Waals surface area contributed by atoms with Crippen LogP contribution in [0, 0.1) is 0 Å². The van der Waals surface area contributed by atoms with Crippen molar-refractivity contribution in [2.75, 3.05) is 24.2 Å². The Morgan fingerprint density at radius 2 is 2.16 bits per heavy atom. The van der Waals surface area contributed by atoms with Gasteiger partial charge in [-0.15, -0.1) is 11.3 Å². The molecule has 5 rings (SSSR count). The van der Waals surface area contributed by atoms with Crippen LogP contribution >= 0.6 is 34.9 Å². The Labute approximate surface area is 197 Å². The van der Waals surface area contributed by atoms with Gasteiger partial charge in [-0.3, -0.25) is 9.59 Å². The minimum Gasteiger partial charge on any atom is -0.376 e.